The summed E-state index contributed by atoms with van der Waals surface area (Å²) >= 11 is 13.4. The Hall–Kier alpha value is 0.150. The van der Waals surface area contributed by atoms with E-state index in [2.05, 4.69) is 0 Å². The summed E-state index contributed by atoms with van der Waals surface area (Å²) in [5, 5.41) is 0.788. The average Bonchev–Trinajstić information content (AvgIpc) is 1.85. The Morgan fingerprint density at radius 1 is 1.40 bits per heavy atom. The van der Waals surface area contributed by atoms with Gasteiger partial charge in [-0.05, 0) is 12.1 Å². The van der Waals surface area contributed by atoms with Crippen LogP contribution in [0.2, 0.25) is 5.02 Å². The molecule has 10 heavy (non-hydrogen) atoms. The quantitative estimate of drug-likeness (QED) is 0.563. The predicted octanol–water partition coefficient (Wildman–Crippen LogP) is 3.68. The molecule has 3 heteroatoms. The minimum atomic E-state index is 0.0729. The van der Waals surface area contributed by atoms with Crippen molar-refractivity contribution >= 4 is 35.0 Å². The Kier molecular flexibility index (Phi) is 1.59. The Morgan fingerprint density at radius 3 is 2.70 bits per heavy atom. The van der Waals surface area contributed by atoms with Crippen LogP contribution < -0.4 is 0 Å². The lowest BCUT2D eigenvalue weighted by molar-refractivity contribution is 1.17. The van der Waals surface area contributed by atoms with Crippen molar-refractivity contribution in [1.82, 2.24) is 0 Å². The molecule has 0 nitrogen and oxygen atoms in total. The van der Waals surface area contributed by atoms with Crippen molar-refractivity contribution in [3.63, 3.8) is 0 Å². The molecule has 2 rings (SSSR count). The van der Waals surface area contributed by atoms with Gasteiger partial charge in [0.15, 0.2) is 0 Å². The molecule has 0 amide bonds. The molecular weight excluding hydrogens is 187 g/mol. The average molecular weight is 191 g/mol. The molecular formula is C7H4Cl2S. The van der Waals surface area contributed by atoms with Crippen molar-refractivity contribution in [2.45, 2.75) is 9.60 Å². The SMILES string of the molecule is Clc1cccc2c1C(Cl)S2. The smallest absolute Gasteiger partial charge is 0.105 e. The zero-order chi connectivity index (χ0) is 7.14. The lowest BCUT2D eigenvalue weighted by atomic mass is 10.2. The van der Waals surface area contributed by atoms with Crippen LogP contribution in [0.15, 0.2) is 23.1 Å². The first-order valence-electron chi connectivity index (χ1n) is 2.88. The molecule has 0 saturated heterocycles. The van der Waals surface area contributed by atoms with Crippen LogP contribution in [0, 0.1) is 0 Å². The molecule has 1 aromatic carbocycles. The third-order valence-corrected chi connectivity index (χ3v) is 3.34. The topological polar surface area (TPSA) is 0 Å². The molecule has 0 aromatic heterocycles. The van der Waals surface area contributed by atoms with Crippen LogP contribution >= 0.6 is 35.0 Å². The second-order valence-corrected chi connectivity index (χ2v) is 4.33. The van der Waals surface area contributed by atoms with Gasteiger partial charge in [-0.25, -0.2) is 0 Å². The maximum absolute atomic E-state index is 5.86. The van der Waals surface area contributed by atoms with E-state index < -0.39 is 0 Å². The van der Waals surface area contributed by atoms with E-state index >= 15 is 0 Å². The van der Waals surface area contributed by atoms with E-state index in [9.17, 15) is 0 Å². The number of hydrogen-bond acceptors (Lipinski definition) is 1. The molecule has 0 spiro atoms. The third-order valence-electron chi connectivity index (χ3n) is 1.47. The summed E-state index contributed by atoms with van der Waals surface area (Å²) in [5.41, 5.74) is 1.09. The highest BCUT2D eigenvalue weighted by atomic mass is 35.5. The van der Waals surface area contributed by atoms with Gasteiger partial charge in [-0.3, -0.25) is 0 Å². The molecule has 1 heterocycles. The normalized spacial score (nSPS) is 21.6. The van der Waals surface area contributed by atoms with Crippen LogP contribution in [0.5, 0.6) is 0 Å². The van der Waals surface area contributed by atoms with Crippen LogP contribution in [0.4, 0.5) is 0 Å². The summed E-state index contributed by atoms with van der Waals surface area (Å²) < 4.78 is 0.0729. The van der Waals surface area contributed by atoms with Gasteiger partial charge in [0.1, 0.15) is 4.71 Å². The van der Waals surface area contributed by atoms with Crippen LogP contribution in [-0.4, -0.2) is 0 Å². The highest BCUT2D eigenvalue weighted by Crippen LogP contribution is 2.54. The van der Waals surface area contributed by atoms with Crippen molar-refractivity contribution in [1.29, 1.82) is 0 Å². The van der Waals surface area contributed by atoms with E-state index in [1.54, 1.807) is 11.8 Å². The maximum atomic E-state index is 5.86. The Balaban J connectivity index is 2.58. The second-order valence-electron chi connectivity index (χ2n) is 2.09. The third kappa shape index (κ3) is 0.849. The highest BCUT2D eigenvalue weighted by Gasteiger charge is 2.26. The molecule has 1 aliphatic rings. The van der Waals surface area contributed by atoms with E-state index in [-0.39, 0.29) is 4.71 Å². The predicted molar refractivity (Wildman–Crippen MR) is 45.9 cm³/mol. The lowest BCUT2D eigenvalue weighted by Gasteiger charge is -2.24. The summed E-state index contributed by atoms with van der Waals surface area (Å²) in [5.74, 6) is 0. The van der Waals surface area contributed by atoms with Gasteiger partial charge in [0.2, 0.25) is 0 Å². The largest absolute Gasteiger partial charge is 0.111 e. The molecule has 1 aliphatic heterocycles. The molecule has 0 N–H and O–H groups in total. The second kappa shape index (κ2) is 2.33. The number of fused-ring (bicyclic) bond motifs is 1. The molecule has 1 aromatic rings. The summed E-state index contributed by atoms with van der Waals surface area (Å²) in [6.07, 6.45) is 0. The number of benzene rings is 1. The van der Waals surface area contributed by atoms with Gasteiger partial charge in [0.05, 0.1) is 0 Å². The van der Waals surface area contributed by atoms with Gasteiger partial charge in [-0.2, -0.15) is 0 Å². The molecule has 0 bridgehead atoms. The van der Waals surface area contributed by atoms with Crippen molar-refractivity contribution in [3.8, 4) is 0 Å². The number of thioether (sulfide) groups is 1. The summed E-state index contributed by atoms with van der Waals surface area (Å²) in [6, 6.07) is 5.84. The number of halogens is 2. The van der Waals surface area contributed by atoms with Crippen molar-refractivity contribution in [3.05, 3.63) is 28.8 Å². The van der Waals surface area contributed by atoms with Crippen LogP contribution in [-0.2, 0) is 0 Å². The van der Waals surface area contributed by atoms with Gasteiger partial charge in [0.25, 0.3) is 0 Å². The monoisotopic (exact) mass is 190 g/mol. The lowest BCUT2D eigenvalue weighted by Crippen LogP contribution is -2.00. The number of alkyl halides is 1. The van der Waals surface area contributed by atoms with Gasteiger partial charge in [0, 0.05) is 15.5 Å². The van der Waals surface area contributed by atoms with Crippen molar-refractivity contribution < 1.29 is 0 Å². The fraction of sp³-hybridized carbons (Fsp3) is 0.143. The summed E-state index contributed by atoms with van der Waals surface area (Å²) in [7, 11) is 0. The Bertz CT molecular complexity index is 258. The zero-order valence-corrected chi connectivity index (χ0v) is 7.30. The fourth-order valence-electron chi connectivity index (χ4n) is 0.953. The molecule has 0 radical (unpaired) electrons. The minimum Gasteiger partial charge on any atom is -0.105 e. The Morgan fingerprint density at radius 2 is 2.20 bits per heavy atom. The van der Waals surface area contributed by atoms with E-state index in [0.29, 0.717) is 0 Å². The molecule has 0 saturated carbocycles. The van der Waals surface area contributed by atoms with E-state index in [0.717, 1.165) is 10.6 Å². The molecule has 1 unspecified atom stereocenters. The van der Waals surface area contributed by atoms with Crippen LogP contribution in [0.3, 0.4) is 0 Å². The van der Waals surface area contributed by atoms with Crippen molar-refractivity contribution in [2.75, 3.05) is 0 Å². The van der Waals surface area contributed by atoms with Gasteiger partial charge >= 0.3 is 0 Å². The first kappa shape index (κ1) is 6.84. The molecule has 52 valence electrons. The van der Waals surface area contributed by atoms with Crippen LogP contribution in [0.25, 0.3) is 0 Å². The van der Waals surface area contributed by atoms with E-state index in [4.69, 9.17) is 23.2 Å². The van der Waals surface area contributed by atoms with Crippen molar-refractivity contribution in [2.24, 2.45) is 0 Å². The zero-order valence-electron chi connectivity index (χ0n) is 4.97. The van der Waals surface area contributed by atoms with E-state index in [1.807, 2.05) is 18.2 Å². The summed E-state index contributed by atoms with van der Waals surface area (Å²) in [4.78, 5) is 1.22. The molecule has 1 atom stereocenters. The van der Waals surface area contributed by atoms with E-state index in [1.165, 1.54) is 4.90 Å². The first-order chi connectivity index (χ1) is 4.79. The van der Waals surface area contributed by atoms with Gasteiger partial charge in [-0.1, -0.05) is 17.7 Å². The number of hydrogen-bond donors (Lipinski definition) is 0. The van der Waals surface area contributed by atoms with Crippen LogP contribution in [0.1, 0.15) is 10.3 Å². The Labute approximate surface area is 73.5 Å². The van der Waals surface area contributed by atoms with Gasteiger partial charge in [-0.15, -0.1) is 23.4 Å². The molecule has 0 fully saturated rings. The fourth-order valence-corrected chi connectivity index (χ4v) is 2.92. The maximum Gasteiger partial charge on any atom is 0.111 e. The number of rotatable bonds is 0. The first-order valence-corrected chi connectivity index (χ1v) is 4.57. The summed E-state index contributed by atoms with van der Waals surface area (Å²) in [6.45, 7) is 0. The van der Waals surface area contributed by atoms with Gasteiger partial charge < -0.3 is 0 Å². The standard InChI is InChI=1S/C7H4Cl2S/c8-4-2-1-3-5-6(4)7(9)10-5/h1-3,7H. The molecule has 0 aliphatic carbocycles. The highest BCUT2D eigenvalue weighted by molar-refractivity contribution is 8.02. The minimum absolute atomic E-state index is 0.0729.